The van der Waals surface area contributed by atoms with E-state index in [1.54, 1.807) is 24.3 Å². The number of primary amides is 1. The Morgan fingerprint density at radius 3 is 2.70 bits per heavy atom. The molecule has 0 spiro atoms. The molecule has 0 fully saturated rings. The number of amides is 2. The zero-order valence-electron chi connectivity index (χ0n) is 14.7. The number of hydrogen-bond acceptors (Lipinski definition) is 5. The van der Waals surface area contributed by atoms with Crippen molar-refractivity contribution < 1.29 is 18.7 Å². The van der Waals surface area contributed by atoms with E-state index in [9.17, 15) is 14.4 Å². The number of anilines is 1. The first-order valence-corrected chi connectivity index (χ1v) is 8.35. The molecule has 7 nitrogen and oxygen atoms in total. The second-order valence-electron chi connectivity index (χ2n) is 5.92. The van der Waals surface area contributed by atoms with Crippen LogP contribution in [0, 0.1) is 0 Å². The molecule has 2 aromatic carbocycles. The molecular weight excluding hydrogens is 348 g/mol. The number of esters is 1. The fourth-order valence-electron chi connectivity index (χ4n) is 2.71. The lowest BCUT2D eigenvalue weighted by Crippen LogP contribution is -2.19. The number of ether oxygens (including phenoxy) is 1. The van der Waals surface area contributed by atoms with Crippen molar-refractivity contribution in [1.29, 1.82) is 0 Å². The minimum Gasteiger partial charge on any atom is -0.457 e. The van der Waals surface area contributed by atoms with Crippen LogP contribution < -0.4 is 16.7 Å². The van der Waals surface area contributed by atoms with Crippen LogP contribution in [-0.2, 0) is 17.8 Å². The highest BCUT2D eigenvalue weighted by molar-refractivity contribution is 5.93. The standard InChI is InChI=1S/C20H18N2O5/c1-2-12-6-7-16-14(10-18(23)27-17(16)8-12)11-26-19(24)13-4-3-5-15(9-13)22-20(21)25/h3-10H,2,11H2,1H3,(H3,21,22,25). The van der Waals surface area contributed by atoms with Crippen LogP contribution in [0.5, 0.6) is 0 Å². The van der Waals surface area contributed by atoms with Gasteiger partial charge in [-0.15, -0.1) is 0 Å². The van der Waals surface area contributed by atoms with E-state index in [4.69, 9.17) is 14.9 Å². The lowest BCUT2D eigenvalue weighted by atomic mass is 10.1. The summed E-state index contributed by atoms with van der Waals surface area (Å²) in [6.45, 7) is 1.92. The van der Waals surface area contributed by atoms with Crippen molar-refractivity contribution in [2.45, 2.75) is 20.0 Å². The Labute approximate surface area is 154 Å². The SMILES string of the molecule is CCc1ccc2c(COC(=O)c3cccc(NC(N)=O)c3)cc(=O)oc2c1. The third-order valence-electron chi connectivity index (χ3n) is 4.03. The average Bonchev–Trinajstić information content (AvgIpc) is 2.64. The van der Waals surface area contributed by atoms with Crippen LogP contribution in [-0.4, -0.2) is 12.0 Å². The Bertz CT molecular complexity index is 1070. The third-order valence-corrected chi connectivity index (χ3v) is 4.03. The van der Waals surface area contributed by atoms with Gasteiger partial charge in [-0.05, 0) is 36.2 Å². The summed E-state index contributed by atoms with van der Waals surface area (Å²) >= 11 is 0. The predicted molar refractivity (Wildman–Crippen MR) is 101 cm³/mol. The first-order valence-electron chi connectivity index (χ1n) is 8.35. The number of rotatable bonds is 5. The lowest BCUT2D eigenvalue weighted by Gasteiger charge is -2.09. The monoisotopic (exact) mass is 366 g/mol. The molecule has 0 aliphatic heterocycles. The zero-order valence-corrected chi connectivity index (χ0v) is 14.7. The summed E-state index contributed by atoms with van der Waals surface area (Å²) in [6, 6.07) is 12.4. The molecule has 0 saturated carbocycles. The molecule has 0 aliphatic rings. The van der Waals surface area contributed by atoms with Crippen molar-refractivity contribution in [2.24, 2.45) is 5.73 Å². The average molecular weight is 366 g/mol. The van der Waals surface area contributed by atoms with Gasteiger partial charge in [0, 0.05) is 22.7 Å². The van der Waals surface area contributed by atoms with Crippen molar-refractivity contribution in [2.75, 3.05) is 5.32 Å². The van der Waals surface area contributed by atoms with Crippen LogP contribution in [0.2, 0.25) is 0 Å². The van der Waals surface area contributed by atoms with Gasteiger partial charge >= 0.3 is 17.6 Å². The molecule has 3 aromatic rings. The van der Waals surface area contributed by atoms with Crippen LogP contribution in [0.1, 0.15) is 28.4 Å². The number of carbonyl (C=O) groups is 2. The maximum atomic E-state index is 12.3. The molecule has 1 heterocycles. The molecule has 0 atom stereocenters. The third kappa shape index (κ3) is 4.33. The van der Waals surface area contributed by atoms with Gasteiger partial charge in [-0.25, -0.2) is 14.4 Å². The quantitative estimate of drug-likeness (QED) is 0.532. The molecule has 3 rings (SSSR count). The minimum absolute atomic E-state index is 0.0835. The van der Waals surface area contributed by atoms with E-state index in [2.05, 4.69) is 5.32 Å². The fourth-order valence-corrected chi connectivity index (χ4v) is 2.71. The number of nitrogens with one attached hydrogen (secondary N) is 1. The highest BCUT2D eigenvalue weighted by Gasteiger charge is 2.12. The lowest BCUT2D eigenvalue weighted by molar-refractivity contribution is 0.0474. The predicted octanol–water partition coefficient (Wildman–Crippen LogP) is 3.20. The van der Waals surface area contributed by atoms with Crippen molar-refractivity contribution in [3.63, 3.8) is 0 Å². The van der Waals surface area contributed by atoms with Gasteiger partial charge in [-0.3, -0.25) is 0 Å². The summed E-state index contributed by atoms with van der Waals surface area (Å²) in [4.78, 5) is 35.0. The first-order chi connectivity index (χ1) is 13.0. The van der Waals surface area contributed by atoms with Gasteiger partial charge in [0.2, 0.25) is 0 Å². The first kappa shape index (κ1) is 18.2. The van der Waals surface area contributed by atoms with Gasteiger partial charge in [0.05, 0.1) is 5.56 Å². The van der Waals surface area contributed by atoms with E-state index in [1.807, 2.05) is 19.1 Å². The summed E-state index contributed by atoms with van der Waals surface area (Å²) < 4.78 is 10.6. The van der Waals surface area contributed by atoms with Gasteiger partial charge in [-0.2, -0.15) is 0 Å². The van der Waals surface area contributed by atoms with E-state index < -0.39 is 17.6 Å². The van der Waals surface area contributed by atoms with Crippen LogP contribution in [0.4, 0.5) is 10.5 Å². The van der Waals surface area contributed by atoms with Crippen molar-refractivity contribution >= 4 is 28.7 Å². The van der Waals surface area contributed by atoms with Gasteiger partial charge < -0.3 is 20.2 Å². The summed E-state index contributed by atoms with van der Waals surface area (Å²) in [5, 5.41) is 3.11. The summed E-state index contributed by atoms with van der Waals surface area (Å²) in [5.74, 6) is -0.588. The molecular formula is C20H18N2O5. The second kappa shape index (κ2) is 7.74. The zero-order chi connectivity index (χ0) is 19.4. The highest BCUT2D eigenvalue weighted by atomic mass is 16.5. The Hall–Kier alpha value is -3.61. The number of aryl methyl sites for hydroxylation is 1. The van der Waals surface area contributed by atoms with E-state index in [0.717, 1.165) is 12.0 Å². The summed E-state index contributed by atoms with van der Waals surface area (Å²) in [5.41, 5.74) is 7.26. The molecule has 3 N–H and O–H groups in total. The van der Waals surface area contributed by atoms with Gasteiger partial charge in [-0.1, -0.05) is 25.1 Å². The maximum absolute atomic E-state index is 12.3. The Balaban J connectivity index is 1.81. The van der Waals surface area contributed by atoms with Gasteiger partial charge in [0.25, 0.3) is 0 Å². The van der Waals surface area contributed by atoms with Crippen molar-refractivity contribution in [3.8, 4) is 0 Å². The van der Waals surface area contributed by atoms with Gasteiger partial charge in [0.15, 0.2) is 0 Å². The van der Waals surface area contributed by atoms with E-state index in [1.165, 1.54) is 12.1 Å². The van der Waals surface area contributed by atoms with Crippen LogP contribution in [0.3, 0.4) is 0 Å². The fraction of sp³-hybridized carbons (Fsp3) is 0.150. The van der Waals surface area contributed by atoms with Crippen molar-refractivity contribution in [3.05, 3.63) is 75.6 Å². The minimum atomic E-state index is -0.727. The van der Waals surface area contributed by atoms with Crippen LogP contribution in [0.15, 0.2) is 57.7 Å². The highest BCUT2D eigenvalue weighted by Crippen LogP contribution is 2.20. The second-order valence-corrected chi connectivity index (χ2v) is 5.92. The molecule has 0 unspecified atom stereocenters. The molecule has 0 aliphatic carbocycles. The summed E-state index contributed by atoms with van der Waals surface area (Å²) in [6.07, 6.45) is 0.814. The molecule has 138 valence electrons. The number of benzene rings is 2. The molecule has 0 saturated heterocycles. The molecule has 0 radical (unpaired) electrons. The van der Waals surface area contributed by atoms with E-state index in [-0.39, 0.29) is 12.2 Å². The van der Waals surface area contributed by atoms with Gasteiger partial charge in [0.1, 0.15) is 12.2 Å². The topological polar surface area (TPSA) is 112 Å². The number of nitrogens with two attached hydrogens (primary N) is 1. The van der Waals surface area contributed by atoms with E-state index >= 15 is 0 Å². The largest absolute Gasteiger partial charge is 0.457 e. The van der Waals surface area contributed by atoms with E-state index in [0.29, 0.717) is 22.2 Å². The Morgan fingerprint density at radius 2 is 1.96 bits per heavy atom. The number of hydrogen-bond donors (Lipinski definition) is 2. The molecule has 7 heteroatoms. The Kier molecular flexibility index (Phi) is 5.21. The van der Waals surface area contributed by atoms with Crippen LogP contribution >= 0.6 is 0 Å². The Morgan fingerprint density at radius 1 is 1.15 bits per heavy atom. The van der Waals surface area contributed by atoms with Crippen molar-refractivity contribution in [1.82, 2.24) is 0 Å². The molecule has 2 amide bonds. The molecule has 27 heavy (non-hydrogen) atoms. The normalized spacial score (nSPS) is 10.6. The van der Waals surface area contributed by atoms with Crippen LogP contribution in [0.25, 0.3) is 11.0 Å². The summed E-state index contributed by atoms with van der Waals surface area (Å²) in [7, 11) is 0. The number of carbonyl (C=O) groups excluding carboxylic acids is 2. The molecule has 1 aromatic heterocycles. The smallest absolute Gasteiger partial charge is 0.338 e. The molecule has 0 bridgehead atoms. The maximum Gasteiger partial charge on any atom is 0.338 e. The number of urea groups is 1. The number of fused-ring (bicyclic) bond motifs is 1.